The third kappa shape index (κ3) is 2.88. The molecule has 17 heavy (non-hydrogen) atoms. The molecule has 0 radical (unpaired) electrons. The average molecular weight is 237 g/mol. The zero-order valence-electron chi connectivity index (χ0n) is 9.39. The summed E-state index contributed by atoms with van der Waals surface area (Å²) in [6.07, 6.45) is 0.741. The summed E-state index contributed by atoms with van der Waals surface area (Å²) in [6.45, 7) is 1.23. The van der Waals surface area contributed by atoms with Crippen LogP contribution in [-0.4, -0.2) is 24.3 Å². The second-order valence-corrected chi connectivity index (χ2v) is 3.96. The molecule has 1 aliphatic heterocycles. The molecule has 0 unspecified atom stereocenters. The SMILES string of the molecule is N[C@@H](CC(=O)O)c1ccc2c(c1)OCCCO2. The fraction of sp³-hybridized carbons (Fsp3) is 0.417. The number of ether oxygens (including phenoxy) is 2. The molecule has 1 aliphatic rings. The lowest BCUT2D eigenvalue weighted by Gasteiger charge is -2.13. The first-order valence-electron chi connectivity index (χ1n) is 5.54. The molecule has 0 spiro atoms. The van der Waals surface area contributed by atoms with Crippen molar-refractivity contribution in [1.82, 2.24) is 0 Å². The van der Waals surface area contributed by atoms with Gasteiger partial charge in [-0.15, -0.1) is 0 Å². The third-order valence-electron chi connectivity index (χ3n) is 2.59. The van der Waals surface area contributed by atoms with E-state index in [1.807, 2.05) is 0 Å². The Morgan fingerprint density at radius 1 is 1.35 bits per heavy atom. The van der Waals surface area contributed by atoms with Gasteiger partial charge in [-0.2, -0.15) is 0 Å². The van der Waals surface area contributed by atoms with E-state index >= 15 is 0 Å². The first-order valence-corrected chi connectivity index (χ1v) is 5.54. The van der Waals surface area contributed by atoms with E-state index in [0.717, 1.165) is 12.0 Å². The van der Waals surface area contributed by atoms with Crippen LogP contribution in [0.1, 0.15) is 24.4 Å². The fourth-order valence-corrected chi connectivity index (χ4v) is 1.72. The second-order valence-electron chi connectivity index (χ2n) is 3.96. The van der Waals surface area contributed by atoms with Crippen molar-refractivity contribution >= 4 is 5.97 Å². The van der Waals surface area contributed by atoms with E-state index in [1.54, 1.807) is 18.2 Å². The van der Waals surface area contributed by atoms with E-state index in [0.29, 0.717) is 24.7 Å². The zero-order valence-corrected chi connectivity index (χ0v) is 9.39. The highest BCUT2D eigenvalue weighted by atomic mass is 16.5. The molecule has 0 aromatic heterocycles. The van der Waals surface area contributed by atoms with Crippen LogP contribution in [-0.2, 0) is 4.79 Å². The molecule has 1 aromatic carbocycles. The summed E-state index contributed by atoms with van der Waals surface area (Å²) in [6, 6.07) is 4.79. The van der Waals surface area contributed by atoms with Gasteiger partial charge in [-0.25, -0.2) is 0 Å². The summed E-state index contributed by atoms with van der Waals surface area (Å²) in [5.41, 5.74) is 6.54. The Bertz CT molecular complexity index is 419. The summed E-state index contributed by atoms with van der Waals surface area (Å²) < 4.78 is 11.0. The standard InChI is InChI=1S/C12H15NO4/c13-9(7-12(14)15)8-2-3-10-11(6-8)17-5-1-4-16-10/h2-3,6,9H,1,4-5,7,13H2,(H,14,15)/t9-/m0/s1. The predicted molar refractivity (Wildman–Crippen MR) is 61.2 cm³/mol. The minimum absolute atomic E-state index is 0.0976. The summed E-state index contributed by atoms with van der Waals surface area (Å²) >= 11 is 0. The van der Waals surface area contributed by atoms with Crippen molar-refractivity contribution in [3.63, 3.8) is 0 Å². The lowest BCUT2D eigenvalue weighted by Crippen LogP contribution is -2.15. The number of nitrogens with two attached hydrogens (primary N) is 1. The van der Waals surface area contributed by atoms with Gasteiger partial charge in [-0.1, -0.05) is 6.07 Å². The Labute approximate surface area is 99.1 Å². The molecule has 5 nitrogen and oxygen atoms in total. The van der Waals surface area contributed by atoms with Crippen molar-refractivity contribution in [2.45, 2.75) is 18.9 Å². The first-order chi connectivity index (χ1) is 8.16. The van der Waals surface area contributed by atoms with Gasteiger partial charge in [0, 0.05) is 12.5 Å². The van der Waals surface area contributed by atoms with Gasteiger partial charge in [0.1, 0.15) is 0 Å². The smallest absolute Gasteiger partial charge is 0.305 e. The summed E-state index contributed by atoms with van der Waals surface area (Å²) in [5, 5.41) is 8.69. The maximum atomic E-state index is 10.6. The van der Waals surface area contributed by atoms with Crippen LogP contribution < -0.4 is 15.2 Å². The van der Waals surface area contributed by atoms with Crippen LogP contribution in [0.3, 0.4) is 0 Å². The Kier molecular flexibility index (Phi) is 3.49. The van der Waals surface area contributed by atoms with Gasteiger partial charge >= 0.3 is 5.97 Å². The fourth-order valence-electron chi connectivity index (χ4n) is 1.72. The first kappa shape index (κ1) is 11.7. The lowest BCUT2D eigenvalue weighted by atomic mass is 10.0. The van der Waals surface area contributed by atoms with Gasteiger partial charge in [0.25, 0.3) is 0 Å². The molecule has 1 atom stereocenters. The Morgan fingerprint density at radius 2 is 2.06 bits per heavy atom. The van der Waals surface area contributed by atoms with Crippen LogP contribution in [0.15, 0.2) is 18.2 Å². The molecule has 0 fully saturated rings. The minimum atomic E-state index is -0.912. The van der Waals surface area contributed by atoms with Gasteiger partial charge < -0.3 is 20.3 Å². The molecule has 0 saturated heterocycles. The molecule has 1 heterocycles. The summed E-state index contributed by atoms with van der Waals surface area (Å²) in [5.74, 6) is 0.416. The number of carbonyl (C=O) groups is 1. The highest BCUT2D eigenvalue weighted by molar-refractivity contribution is 5.68. The molecule has 0 bridgehead atoms. The van der Waals surface area contributed by atoms with Crippen LogP contribution >= 0.6 is 0 Å². The second kappa shape index (κ2) is 5.05. The maximum Gasteiger partial charge on any atom is 0.305 e. The molecule has 1 aromatic rings. The number of carboxylic acid groups (broad SMARTS) is 1. The average Bonchev–Trinajstić information content (AvgIpc) is 2.51. The number of rotatable bonds is 3. The Hall–Kier alpha value is -1.75. The zero-order chi connectivity index (χ0) is 12.3. The number of benzene rings is 1. The molecule has 92 valence electrons. The number of fused-ring (bicyclic) bond motifs is 1. The largest absolute Gasteiger partial charge is 0.490 e. The van der Waals surface area contributed by atoms with Crippen LogP contribution in [0.2, 0.25) is 0 Å². The van der Waals surface area contributed by atoms with E-state index in [-0.39, 0.29) is 6.42 Å². The number of carboxylic acids is 1. The van der Waals surface area contributed by atoms with E-state index in [2.05, 4.69) is 0 Å². The van der Waals surface area contributed by atoms with Gasteiger partial charge in [0.15, 0.2) is 11.5 Å². The number of hydrogen-bond acceptors (Lipinski definition) is 4. The number of aliphatic carboxylic acids is 1. The molecule has 5 heteroatoms. The topological polar surface area (TPSA) is 81.8 Å². The van der Waals surface area contributed by atoms with Crippen molar-refractivity contribution in [1.29, 1.82) is 0 Å². The third-order valence-corrected chi connectivity index (χ3v) is 2.59. The van der Waals surface area contributed by atoms with Crippen molar-refractivity contribution in [2.24, 2.45) is 5.73 Å². The maximum absolute atomic E-state index is 10.6. The number of hydrogen-bond donors (Lipinski definition) is 2. The van der Waals surface area contributed by atoms with E-state index in [9.17, 15) is 4.79 Å². The molecule has 3 N–H and O–H groups in total. The molecule has 0 aliphatic carbocycles. The highest BCUT2D eigenvalue weighted by Crippen LogP contribution is 2.32. The molecule has 0 saturated carbocycles. The Balaban J connectivity index is 2.20. The predicted octanol–water partition coefficient (Wildman–Crippen LogP) is 1.32. The van der Waals surface area contributed by atoms with Crippen molar-refractivity contribution in [2.75, 3.05) is 13.2 Å². The monoisotopic (exact) mass is 237 g/mol. The van der Waals surface area contributed by atoms with E-state index in [1.165, 1.54) is 0 Å². The van der Waals surface area contributed by atoms with Crippen LogP contribution in [0.4, 0.5) is 0 Å². The van der Waals surface area contributed by atoms with E-state index in [4.69, 9.17) is 20.3 Å². The Morgan fingerprint density at radius 3 is 2.76 bits per heavy atom. The van der Waals surface area contributed by atoms with Crippen LogP contribution in [0.5, 0.6) is 11.5 Å². The van der Waals surface area contributed by atoms with Crippen LogP contribution in [0.25, 0.3) is 0 Å². The van der Waals surface area contributed by atoms with Crippen LogP contribution in [0, 0.1) is 0 Å². The van der Waals surface area contributed by atoms with Gasteiger partial charge in [-0.3, -0.25) is 4.79 Å². The molecular formula is C12H15NO4. The normalized spacial score (nSPS) is 16.1. The summed E-state index contributed by atoms with van der Waals surface area (Å²) in [7, 11) is 0. The van der Waals surface area contributed by atoms with E-state index < -0.39 is 12.0 Å². The van der Waals surface area contributed by atoms with Gasteiger partial charge in [0.2, 0.25) is 0 Å². The summed E-state index contributed by atoms with van der Waals surface area (Å²) in [4.78, 5) is 10.6. The van der Waals surface area contributed by atoms with Crippen molar-refractivity contribution in [3.8, 4) is 11.5 Å². The van der Waals surface area contributed by atoms with Gasteiger partial charge in [-0.05, 0) is 17.7 Å². The molecular weight excluding hydrogens is 222 g/mol. The van der Waals surface area contributed by atoms with Crippen molar-refractivity contribution < 1.29 is 19.4 Å². The quantitative estimate of drug-likeness (QED) is 0.828. The van der Waals surface area contributed by atoms with Crippen molar-refractivity contribution in [3.05, 3.63) is 23.8 Å². The highest BCUT2D eigenvalue weighted by Gasteiger charge is 2.15. The minimum Gasteiger partial charge on any atom is -0.490 e. The van der Waals surface area contributed by atoms with Gasteiger partial charge in [0.05, 0.1) is 19.6 Å². The lowest BCUT2D eigenvalue weighted by molar-refractivity contribution is -0.137. The molecule has 0 amide bonds. The molecule has 2 rings (SSSR count).